The maximum atomic E-state index is 12.0. The molecule has 0 aromatic carbocycles. The van der Waals surface area contributed by atoms with Gasteiger partial charge in [-0.2, -0.15) is 0 Å². The lowest BCUT2D eigenvalue weighted by Gasteiger charge is -2.61. The molecular formula is C23H36O2. The molecule has 0 aromatic heterocycles. The van der Waals surface area contributed by atoms with Crippen LogP contribution in [0.5, 0.6) is 0 Å². The van der Waals surface area contributed by atoms with Crippen LogP contribution < -0.4 is 0 Å². The Morgan fingerprint density at radius 3 is 2.60 bits per heavy atom. The first-order valence-corrected chi connectivity index (χ1v) is 10.3. The molecule has 0 radical (unpaired) electrons. The van der Waals surface area contributed by atoms with E-state index >= 15 is 0 Å². The first-order chi connectivity index (χ1) is 11.7. The minimum atomic E-state index is -0.105. The fraction of sp³-hybridized carbons (Fsp3) is 0.783. The molecule has 2 saturated carbocycles. The van der Waals surface area contributed by atoms with E-state index in [2.05, 4.69) is 47.3 Å². The van der Waals surface area contributed by atoms with Gasteiger partial charge in [0.05, 0.1) is 6.61 Å². The van der Waals surface area contributed by atoms with Crippen LogP contribution in [0.4, 0.5) is 0 Å². The molecule has 0 bridgehead atoms. The van der Waals surface area contributed by atoms with Crippen molar-refractivity contribution in [3.63, 3.8) is 0 Å². The van der Waals surface area contributed by atoms with Crippen molar-refractivity contribution in [2.75, 3.05) is 6.61 Å². The lowest BCUT2D eigenvalue weighted by molar-refractivity contribution is -0.135. The highest BCUT2D eigenvalue weighted by molar-refractivity contribution is 5.90. The van der Waals surface area contributed by atoms with Gasteiger partial charge in [-0.25, -0.2) is 4.79 Å². The summed E-state index contributed by atoms with van der Waals surface area (Å²) in [5.74, 6) is 2.19. The lowest BCUT2D eigenvalue weighted by atomic mass is 9.44. The maximum Gasteiger partial charge on any atom is 0.334 e. The molecule has 2 nitrogen and oxygen atoms in total. The minimum Gasteiger partial charge on any atom is -0.462 e. The Bertz CT molecular complexity index is 589. The number of ether oxygens (including phenoxy) is 1. The minimum absolute atomic E-state index is 0.105. The summed E-state index contributed by atoms with van der Waals surface area (Å²) in [4.78, 5) is 12.0. The summed E-state index contributed by atoms with van der Waals surface area (Å²) in [6.07, 6.45) is 9.45. The maximum absolute atomic E-state index is 12.0. The summed E-state index contributed by atoms with van der Waals surface area (Å²) in [7, 11) is 0. The van der Waals surface area contributed by atoms with Crippen molar-refractivity contribution in [1.82, 2.24) is 0 Å². The molecule has 1 saturated heterocycles. The van der Waals surface area contributed by atoms with Crippen LogP contribution in [-0.2, 0) is 9.53 Å². The number of rotatable bonds is 3. The van der Waals surface area contributed by atoms with Gasteiger partial charge in [-0.15, -0.1) is 0 Å². The standard InChI is InChI=1S/C23H36O2/c1-7-22(5)17(4)12-13-23(6)19(15(2)8-11-20(22)23)10-9-18-16(3)14-25-21(18)24/h9,16-17,19-20H,2,7-8,10-14H2,1,3-6H3/b18-9+/t16-,17-,19-,20-,22-,23+/m1/s1. The molecule has 0 aromatic rings. The molecule has 0 amide bonds. The highest BCUT2D eigenvalue weighted by atomic mass is 16.5. The number of hydrogen-bond donors (Lipinski definition) is 0. The van der Waals surface area contributed by atoms with Gasteiger partial charge in [-0.1, -0.05) is 59.3 Å². The number of cyclic esters (lactones) is 1. The van der Waals surface area contributed by atoms with Crippen LogP contribution in [0.25, 0.3) is 0 Å². The van der Waals surface area contributed by atoms with Crippen LogP contribution in [0, 0.1) is 34.5 Å². The zero-order valence-electron chi connectivity index (χ0n) is 16.9. The van der Waals surface area contributed by atoms with E-state index in [0.717, 1.165) is 30.3 Å². The smallest absolute Gasteiger partial charge is 0.334 e. The van der Waals surface area contributed by atoms with E-state index in [1.165, 1.54) is 31.3 Å². The summed E-state index contributed by atoms with van der Waals surface area (Å²) < 4.78 is 5.21. The summed E-state index contributed by atoms with van der Waals surface area (Å²) in [6, 6.07) is 0. The van der Waals surface area contributed by atoms with E-state index in [9.17, 15) is 4.79 Å². The van der Waals surface area contributed by atoms with Gasteiger partial charge >= 0.3 is 5.97 Å². The predicted molar refractivity (Wildman–Crippen MR) is 103 cm³/mol. The van der Waals surface area contributed by atoms with Crippen molar-refractivity contribution < 1.29 is 9.53 Å². The Labute approximate surface area is 154 Å². The monoisotopic (exact) mass is 344 g/mol. The number of carbonyl (C=O) groups is 1. The summed E-state index contributed by atoms with van der Waals surface area (Å²) in [5.41, 5.74) is 3.04. The molecule has 2 aliphatic carbocycles. The van der Waals surface area contributed by atoms with E-state index in [1.54, 1.807) is 0 Å². The molecule has 3 aliphatic rings. The van der Waals surface area contributed by atoms with Gasteiger partial charge in [-0.3, -0.25) is 0 Å². The molecule has 2 heteroatoms. The van der Waals surface area contributed by atoms with Crippen molar-refractivity contribution in [2.24, 2.45) is 34.5 Å². The van der Waals surface area contributed by atoms with Crippen LogP contribution in [0.3, 0.4) is 0 Å². The molecule has 3 rings (SSSR count). The molecule has 1 heterocycles. The number of carbonyl (C=O) groups excluding carboxylic acids is 1. The van der Waals surface area contributed by atoms with Crippen LogP contribution in [0.15, 0.2) is 23.8 Å². The summed E-state index contributed by atoms with van der Waals surface area (Å²) in [5, 5.41) is 0. The Balaban J connectivity index is 1.89. The fourth-order valence-corrected chi connectivity index (χ4v) is 6.31. The molecule has 140 valence electrons. The zero-order valence-corrected chi connectivity index (χ0v) is 16.9. The first kappa shape index (κ1) is 18.7. The molecule has 6 atom stereocenters. The van der Waals surface area contributed by atoms with Crippen LogP contribution >= 0.6 is 0 Å². The quantitative estimate of drug-likeness (QED) is 0.360. The average Bonchev–Trinajstić information content (AvgIpc) is 2.89. The first-order valence-electron chi connectivity index (χ1n) is 10.3. The molecule has 1 aliphatic heterocycles. The predicted octanol–water partition coefficient (Wildman–Crippen LogP) is 5.93. The van der Waals surface area contributed by atoms with Gasteiger partial charge in [0.15, 0.2) is 0 Å². The summed E-state index contributed by atoms with van der Waals surface area (Å²) >= 11 is 0. The highest BCUT2D eigenvalue weighted by Gasteiger charge is 2.55. The van der Waals surface area contributed by atoms with E-state index < -0.39 is 0 Å². The Morgan fingerprint density at radius 2 is 2.00 bits per heavy atom. The van der Waals surface area contributed by atoms with E-state index in [-0.39, 0.29) is 11.9 Å². The van der Waals surface area contributed by atoms with Gasteiger partial charge in [0, 0.05) is 11.5 Å². The third-order valence-corrected chi connectivity index (χ3v) is 8.44. The molecular weight excluding hydrogens is 308 g/mol. The van der Waals surface area contributed by atoms with Crippen molar-refractivity contribution in [3.05, 3.63) is 23.8 Å². The van der Waals surface area contributed by atoms with E-state index in [4.69, 9.17) is 4.74 Å². The molecule has 0 N–H and O–H groups in total. The van der Waals surface area contributed by atoms with Gasteiger partial charge in [-0.05, 0) is 60.7 Å². The van der Waals surface area contributed by atoms with Gasteiger partial charge in [0.1, 0.15) is 0 Å². The summed E-state index contributed by atoms with van der Waals surface area (Å²) in [6.45, 7) is 17.0. The Hall–Kier alpha value is -1.05. The number of allylic oxidation sites excluding steroid dienone is 2. The van der Waals surface area contributed by atoms with Crippen molar-refractivity contribution in [2.45, 2.75) is 73.1 Å². The average molecular weight is 345 g/mol. The van der Waals surface area contributed by atoms with Crippen LogP contribution in [0.1, 0.15) is 73.1 Å². The van der Waals surface area contributed by atoms with Crippen molar-refractivity contribution in [3.8, 4) is 0 Å². The molecule has 0 unspecified atom stereocenters. The largest absolute Gasteiger partial charge is 0.462 e. The highest BCUT2D eigenvalue weighted by Crippen LogP contribution is 2.64. The van der Waals surface area contributed by atoms with Gasteiger partial charge in [0.25, 0.3) is 0 Å². The van der Waals surface area contributed by atoms with Crippen LogP contribution in [-0.4, -0.2) is 12.6 Å². The normalized spacial score (nSPS) is 46.2. The molecule has 0 spiro atoms. The SMILES string of the molecule is C=C1CC[C@@H]2[C@](C)(CC)[C@H](C)CC[C@@]2(C)[C@@H]1C/C=C1/C(=O)OC[C@H]1C. The second-order valence-electron chi connectivity index (χ2n) is 9.50. The van der Waals surface area contributed by atoms with Gasteiger partial charge < -0.3 is 4.74 Å². The number of hydrogen-bond acceptors (Lipinski definition) is 2. The topological polar surface area (TPSA) is 26.3 Å². The number of esters is 1. The Kier molecular flexibility index (Phi) is 4.94. The third kappa shape index (κ3) is 2.90. The molecule has 3 fully saturated rings. The second-order valence-corrected chi connectivity index (χ2v) is 9.50. The lowest BCUT2D eigenvalue weighted by Crippen LogP contribution is -2.53. The van der Waals surface area contributed by atoms with Gasteiger partial charge in [0.2, 0.25) is 0 Å². The van der Waals surface area contributed by atoms with E-state index in [0.29, 0.717) is 23.4 Å². The van der Waals surface area contributed by atoms with Crippen molar-refractivity contribution in [1.29, 1.82) is 0 Å². The number of fused-ring (bicyclic) bond motifs is 1. The van der Waals surface area contributed by atoms with E-state index in [1.807, 2.05) is 0 Å². The second kappa shape index (κ2) is 6.59. The zero-order chi connectivity index (χ0) is 18.4. The van der Waals surface area contributed by atoms with Crippen LogP contribution in [0.2, 0.25) is 0 Å². The van der Waals surface area contributed by atoms with Crippen molar-refractivity contribution >= 4 is 5.97 Å². The Morgan fingerprint density at radius 1 is 1.28 bits per heavy atom. The third-order valence-electron chi connectivity index (χ3n) is 8.44. The molecule has 25 heavy (non-hydrogen) atoms. The fourth-order valence-electron chi connectivity index (χ4n) is 6.31.